The van der Waals surface area contributed by atoms with Crippen LogP contribution in [-0.4, -0.2) is 10.9 Å². The Morgan fingerprint density at radius 2 is 1.74 bits per heavy atom. The molecule has 1 heterocycles. The summed E-state index contributed by atoms with van der Waals surface area (Å²) in [5.41, 5.74) is 0.829. The molecule has 0 saturated heterocycles. The van der Waals surface area contributed by atoms with Crippen LogP contribution in [-0.2, 0) is 0 Å². The Bertz CT molecular complexity index is 845. The molecule has 3 aromatic rings. The molecule has 0 unspecified atom stereocenters. The Labute approximate surface area is 139 Å². The maximum Gasteiger partial charge on any atom is 0.263 e. The van der Waals surface area contributed by atoms with Gasteiger partial charge < -0.3 is 0 Å². The van der Waals surface area contributed by atoms with Gasteiger partial charge in [0, 0.05) is 16.0 Å². The number of amides is 1. The average Bonchev–Trinajstić information content (AvgIpc) is 2.96. The molecule has 0 spiro atoms. The lowest BCUT2D eigenvalue weighted by atomic mass is 10.2. The summed E-state index contributed by atoms with van der Waals surface area (Å²) in [6.45, 7) is 0. The fourth-order valence-electron chi connectivity index (χ4n) is 1.96. The molecule has 0 fully saturated rings. The molecular weight excluding hydrogens is 342 g/mol. The first-order valence-electron chi connectivity index (χ1n) is 6.51. The van der Waals surface area contributed by atoms with Crippen molar-refractivity contribution in [3.05, 3.63) is 70.1 Å². The lowest BCUT2D eigenvalue weighted by Gasteiger charge is -2.04. The van der Waals surface area contributed by atoms with Crippen LogP contribution in [0.5, 0.6) is 0 Å². The second-order valence-corrected chi connectivity index (χ2v) is 5.89. The molecule has 0 aliphatic carbocycles. The summed E-state index contributed by atoms with van der Waals surface area (Å²) in [5, 5.41) is 4.99. The highest BCUT2D eigenvalue weighted by Gasteiger charge is 2.18. The minimum Gasteiger partial charge on any atom is -0.298 e. The van der Waals surface area contributed by atoms with Crippen molar-refractivity contribution in [2.45, 2.75) is 0 Å². The van der Waals surface area contributed by atoms with E-state index < -0.39 is 23.1 Å². The number of carbonyl (C=O) groups is 1. The van der Waals surface area contributed by atoms with Gasteiger partial charge in [-0.1, -0.05) is 29.8 Å². The molecular formula is C16H9ClF2N2OS. The van der Waals surface area contributed by atoms with Crippen LogP contribution in [0.15, 0.2) is 47.8 Å². The van der Waals surface area contributed by atoms with Crippen molar-refractivity contribution in [1.29, 1.82) is 0 Å². The van der Waals surface area contributed by atoms with Gasteiger partial charge in [0.25, 0.3) is 5.91 Å². The van der Waals surface area contributed by atoms with E-state index in [2.05, 4.69) is 10.3 Å². The molecule has 2 aromatic carbocycles. The number of thiazole rings is 1. The standard InChI is InChI=1S/C16H9ClF2N2OS/c17-10-6-4-9(5-7-10)13-8-23-16(20-13)21-15(22)14-11(18)2-1-3-12(14)19/h1-8H,(H,20,21,22). The normalized spacial score (nSPS) is 10.6. The molecule has 1 aromatic heterocycles. The Morgan fingerprint density at radius 1 is 1.09 bits per heavy atom. The first kappa shape index (κ1) is 15.6. The summed E-state index contributed by atoms with van der Waals surface area (Å²) in [6.07, 6.45) is 0. The number of nitrogens with one attached hydrogen (secondary N) is 1. The number of nitrogens with zero attached hydrogens (tertiary/aromatic N) is 1. The fraction of sp³-hybridized carbons (Fsp3) is 0. The number of aromatic nitrogens is 1. The monoisotopic (exact) mass is 350 g/mol. The smallest absolute Gasteiger partial charge is 0.263 e. The third kappa shape index (κ3) is 3.38. The van der Waals surface area contributed by atoms with Crippen LogP contribution in [0.1, 0.15) is 10.4 Å². The summed E-state index contributed by atoms with van der Waals surface area (Å²) < 4.78 is 27.2. The minimum absolute atomic E-state index is 0.252. The van der Waals surface area contributed by atoms with E-state index in [9.17, 15) is 13.6 Å². The molecule has 0 atom stereocenters. The maximum absolute atomic E-state index is 13.6. The van der Waals surface area contributed by atoms with Crippen molar-refractivity contribution < 1.29 is 13.6 Å². The second-order valence-electron chi connectivity index (χ2n) is 4.60. The van der Waals surface area contributed by atoms with Gasteiger partial charge in [-0.25, -0.2) is 13.8 Å². The van der Waals surface area contributed by atoms with Crippen LogP contribution < -0.4 is 5.32 Å². The zero-order chi connectivity index (χ0) is 16.4. The van der Waals surface area contributed by atoms with Crippen LogP contribution in [0.2, 0.25) is 5.02 Å². The van der Waals surface area contributed by atoms with Gasteiger partial charge in [-0.05, 0) is 24.3 Å². The molecule has 0 bridgehead atoms. The third-order valence-electron chi connectivity index (χ3n) is 3.05. The maximum atomic E-state index is 13.6. The van der Waals surface area contributed by atoms with Gasteiger partial charge in [0.15, 0.2) is 5.13 Å². The third-order valence-corrected chi connectivity index (χ3v) is 4.06. The molecule has 116 valence electrons. The van der Waals surface area contributed by atoms with Crippen molar-refractivity contribution in [1.82, 2.24) is 4.98 Å². The first-order chi connectivity index (χ1) is 11.0. The van der Waals surface area contributed by atoms with Gasteiger partial charge in [-0.2, -0.15) is 0 Å². The summed E-state index contributed by atoms with van der Waals surface area (Å²) in [4.78, 5) is 16.2. The molecule has 3 nitrogen and oxygen atoms in total. The fourth-order valence-corrected chi connectivity index (χ4v) is 2.80. The predicted octanol–water partition coefficient (Wildman–Crippen LogP) is 4.99. The number of hydrogen-bond acceptors (Lipinski definition) is 3. The summed E-state index contributed by atoms with van der Waals surface area (Å²) in [5.74, 6) is -2.72. The molecule has 1 N–H and O–H groups in total. The van der Waals surface area contributed by atoms with Crippen molar-refractivity contribution in [2.75, 3.05) is 5.32 Å². The number of halogens is 3. The molecule has 0 saturated carbocycles. The molecule has 0 aliphatic heterocycles. The van der Waals surface area contributed by atoms with Gasteiger partial charge >= 0.3 is 0 Å². The van der Waals surface area contributed by atoms with E-state index in [0.717, 1.165) is 29.0 Å². The number of rotatable bonds is 3. The quantitative estimate of drug-likeness (QED) is 0.722. The average molecular weight is 351 g/mol. The minimum atomic E-state index is -0.919. The topological polar surface area (TPSA) is 42.0 Å². The van der Waals surface area contributed by atoms with Gasteiger partial charge in [0.05, 0.1) is 5.69 Å². The largest absolute Gasteiger partial charge is 0.298 e. The lowest BCUT2D eigenvalue weighted by molar-refractivity contribution is 0.101. The summed E-state index contributed by atoms with van der Waals surface area (Å²) in [7, 11) is 0. The van der Waals surface area contributed by atoms with Crippen LogP contribution in [0.4, 0.5) is 13.9 Å². The van der Waals surface area contributed by atoms with Crippen LogP contribution >= 0.6 is 22.9 Å². The van der Waals surface area contributed by atoms with Crippen molar-refractivity contribution >= 4 is 34.0 Å². The Morgan fingerprint density at radius 3 is 2.39 bits per heavy atom. The SMILES string of the molecule is O=C(Nc1nc(-c2ccc(Cl)cc2)cs1)c1c(F)cccc1F. The summed E-state index contributed by atoms with van der Waals surface area (Å²) in [6, 6.07) is 10.3. The Kier molecular flexibility index (Phi) is 4.36. The van der Waals surface area contributed by atoms with E-state index >= 15 is 0 Å². The summed E-state index contributed by atoms with van der Waals surface area (Å²) >= 11 is 6.99. The number of anilines is 1. The molecule has 1 amide bonds. The Balaban J connectivity index is 1.82. The highest BCUT2D eigenvalue weighted by molar-refractivity contribution is 7.14. The van der Waals surface area contributed by atoms with Crippen LogP contribution in [0.3, 0.4) is 0 Å². The van der Waals surface area contributed by atoms with Crippen molar-refractivity contribution in [3.8, 4) is 11.3 Å². The highest BCUT2D eigenvalue weighted by Crippen LogP contribution is 2.26. The van der Waals surface area contributed by atoms with E-state index in [1.165, 1.54) is 6.07 Å². The zero-order valence-corrected chi connectivity index (χ0v) is 13.1. The molecule has 0 aliphatic rings. The van der Waals surface area contributed by atoms with E-state index in [1.54, 1.807) is 29.6 Å². The van der Waals surface area contributed by atoms with Gasteiger partial charge in [-0.15, -0.1) is 11.3 Å². The lowest BCUT2D eigenvalue weighted by Crippen LogP contribution is -2.15. The molecule has 7 heteroatoms. The highest BCUT2D eigenvalue weighted by atomic mass is 35.5. The number of benzene rings is 2. The number of carbonyl (C=O) groups excluding carboxylic acids is 1. The second kappa shape index (κ2) is 6.44. The van der Waals surface area contributed by atoms with E-state index in [-0.39, 0.29) is 5.13 Å². The van der Waals surface area contributed by atoms with Gasteiger partial charge in [-0.3, -0.25) is 10.1 Å². The van der Waals surface area contributed by atoms with Crippen LogP contribution in [0, 0.1) is 11.6 Å². The van der Waals surface area contributed by atoms with Gasteiger partial charge in [0.2, 0.25) is 0 Å². The predicted molar refractivity (Wildman–Crippen MR) is 86.9 cm³/mol. The molecule has 0 radical (unpaired) electrons. The van der Waals surface area contributed by atoms with E-state index in [4.69, 9.17) is 11.6 Å². The van der Waals surface area contributed by atoms with Gasteiger partial charge in [0.1, 0.15) is 17.2 Å². The van der Waals surface area contributed by atoms with Crippen LogP contribution in [0.25, 0.3) is 11.3 Å². The number of hydrogen-bond donors (Lipinski definition) is 1. The first-order valence-corrected chi connectivity index (χ1v) is 7.77. The zero-order valence-electron chi connectivity index (χ0n) is 11.5. The molecule has 23 heavy (non-hydrogen) atoms. The van der Waals surface area contributed by atoms with E-state index in [1.807, 2.05) is 0 Å². The van der Waals surface area contributed by atoms with Crippen molar-refractivity contribution in [3.63, 3.8) is 0 Å². The van der Waals surface area contributed by atoms with E-state index in [0.29, 0.717) is 10.7 Å². The molecule has 3 rings (SSSR count). The van der Waals surface area contributed by atoms with Crippen molar-refractivity contribution in [2.24, 2.45) is 0 Å². The Hall–Kier alpha value is -2.31.